The molecule has 1 saturated heterocycles. The Hall–Kier alpha value is -1.62. The predicted octanol–water partition coefficient (Wildman–Crippen LogP) is 3.72. The van der Waals surface area contributed by atoms with E-state index >= 15 is 0 Å². The summed E-state index contributed by atoms with van der Waals surface area (Å²) in [5.41, 5.74) is 1.07. The lowest BCUT2D eigenvalue weighted by atomic mass is 9.68. The fourth-order valence-corrected chi connectivity index (χ4v) is 5.19. The molecule has 0 unspecified atom stereocenters. The van der Waals surface area contributed by atoms with Crippen LogP contribution in [0.4, 0.5) is 9.18 Å². The van der Waals surface area contributed by atoms with Gasteiger partial charge < -0.3 is 10.2 Å². The minimum absolute atomic E-state index is 0.0355. The average molecular weight is 359 g/mol. The molecule has 142 valence electrons. The second-order valence-electron chi connectivity index (χ2n) is 8.72. The topological polar surface area (TPSA) is 35.6 Å². The number of benzene rings is 1. The molecule has 2 amide bonds. The minimum Gasteiger partial charge on any atom is -0.336 e. The van der Waals surface area contributed by atoms with Crippen molar-refractivity contribution in [3.63, 3.8) is 0 Å². The summed E-state index contributed by atoms with van der Waals surface area (Å²) in [6.45, 7) is 1.68. The van der Waals surface area contributed by atoms with Gasteiger partial charge in [-0.25, -0.2) is 9.18 Å². The highest BCUT2D eigenvalue weighted by Gasteiger charge is 2.52. The Bertz CT molecular complexity index is 660. The summed E-state index contributed by atoms with van der Waals surface area (Å²) in [7, 11) is 4.23. The second-order valence-corrected chi connectivity index (χ2v) is 8.72. The molecule has 3 fully saturated rings. The third kappa shape index (κ3) is 2.81. The van der Waals surface area contributed by atoms with Gasteiger partial charge in [-0.15, -0.1) is 0 Å². The summed E-state index contributed by atoms with van der Waals surface area (Å²) < 4.78 is 13.4. The first-order valence-corrected chi connectivity index (χ1v) is 9.94. The lowest BCUT2D eigenvalue weighted by Gasteiger charge is -2.51. The number of carbonyl (C=O) groups excluding carboxylic acids is 1. The summed E-state index contributed by atoms with van der Waals surface area (Å²) in [5, 5.41) is 3.11. The number of hydrogen-bond donors (Lipinski definition) is 1. The first-order valence-electron chi connectivity index (χ1n) is 9.94. The lowest BCUT2D eigenvalue weighted by molar-refractivity contribution is 0.0170. The SMILES string of the molecule is CN(C)[C@]1(c2ccc(F)cc2)CC[C@]2(CC1)CNC(=O)N2CC1CCC1. The first kappa shape index (κ1) is 17.8. The summed E-state index contributed by atoms with van der Waals surface area (Å²) in [5.74, 6) is 0.501. The molecule has 2 aliphatic carbocycles. The van der Waals surface area contributed by atoms with E-state index in [-0.39, 0.29) is 22.9 Å². The van der Waals surface area contributed by atoms with Crippen LogP contribution in [0.5, 0.6) is 0 Å². The van der Waals surface area contributed by atoms with Crippen molar-refractivity contribution in [1.82, 2.24) is 15.1 Å². The Kier molecular flexibility index (Phi) is 4.46. The molecule has 0 bridgehead atoms. The molecule has 1 N–H and O–H groups in total. The quantitative estimate of drug-likeness (QED) is 0.889. The van der Waals surface area contributed by atoms with E-state index in [1.165, 1.54) is 24.8 Å². The van der Waals surface area contributed by atoms with Gasteiger partial charge in [0.25, 0.3) is 0 Å². The molecule has 3 aliphatic rings. The summed E-state index contributed by atoms with van der Waals surface area (Å²) in [4.78, 5) is 16.9. The van der Waals surface area contributed by atoms with Gasteiger partial charge in [-0.05, 0) is 76.2 Å². The summed E-state index contributed by atoms with van der Waals surface area (Å²) in [6, 6.07) is 7.11. The van der Waals surface area contributed by atoms with Gasteiger partial charge in [0.2, 0.25) is 0 Å². The largest absolute Gasteiger partial charge is 0.336 e. The van der Waals surface area contributed by atoms with E-state index in [2.05, 4.69) is 29.2 Å². The molecular weight excluding hydrogens is 329 g/mol. The van der Waals surface area contributed by atoms with Gasteiger partial charge in [-0.1, -0.05) is 18.6 Å². The molecule has 1 aromatic rings. The van der Waals surface area contributed by atoms with Gasteiger partial charge in [-0.2, -0.15) is 0 Å². The molecule has 0 aromatic heterocycles. The van der Waals surface area contributed by atoms with Gasteiger partial charge in [0.05, 0.1) is 5.54 Å². The number of amides is 2. The Morgan fingerprint density at radius 3 is 2.35 bits per heavy atom. The van der Waals surface area contributed by atoms with Crippen LogP contribution in [0.15, 0.2) is 24.3 Å². The maximum absolute atomic E-state index is 13.4. The standard InChI is InChI=1S/C21H30FN3O/c1-24(2)21(17-6-8-18(22)9-7-17)12-10-20(11-13-21)15-23-19(26)25(20)14-16-4-3-5-16/h6-9,16H,3-5,10-15H2,1-2H3,(H,23,26)/t20-,21+. The molecule has 2 saturated carbocycles. The van der Waals surface area contributed by atoms with Crippen molar-refractivity contribution in [2.75, 3.05) is 27.2 Å². The maximum atomic E-state index is 13.4. The number of halogens is 1. The van der Waals surface area contributed by atoms with E-state index in [4.69, 9.17) is 0 Å². The Balaban J connectivity index is 1.55. The van der Waals surface area contributed by atoms with Crippen molar-refractivity contribution in [3.8, 4) is 0 Å². The van der Waals surface area contributed by atoms with Crippen LogP contribution < -0.4 is 5.32 Å². The molecule has 1 heterocycles. The van der Waals surface area contributed by atoms with E-state index in [0.29, 0.717) is 5.92 Å². The molecule has 4 nitrogen and oxygen atoms in total. The smallest absolute Gasteiger partial charge is 0.318 e. The molecule has 1 spiro atoms. The highest BCUT2D eigenvalue weighted by Crippen LogP contribution is 2.48. The zero-order valence-electron chi connectivity index (χ0n) is 15.9. The first-order chi connectivity index (χ1) is 12.5. The van der Waals surface area contributed by atoms with Crippen LogP contribution in [0.3, 0.4) is 0 Å². The van der Waals surface area contributed by atoms with E-state index < -0.39 is 0 Å². The van der Waals surface area contributed by atoms with Crippen LogP contribution in [0.1, 0.15) is 50.5 Å². The number of hydrogen-bond acceptors (Lipinski definition) is 2. The minimum atomic E-state index is -0.188. The fraction of sp³-hybridized carbons (Fsp3) is 0.667. The summed E-state index contributed by atoms with van der Waals surface area (Å²) in [6.07, 6.45) is 7.79. The van der Waals surface area contributed by atoms with Crippen molar-refractivity contribution in [3.05, 3.63) is 35.6 Å². The summed E-state index contributed by atoms with van der Waals surface area (Å²) >= 11 is 0. The number of rotatable bonds is 4. The zero-order valence-corrected chi connectivity index (χ0v) is 15.9. The average Bonchev–Trinajstić information content (AvgIpc) is 2.89. The molecule has 1 aliphatic heterocycles. The predicted molar refractivity (Wildman–Crippen MR) is 100 cm³/mol. The number of carbonyl (C=O) groups is 1. The van der Waals surface area contributed by atoms with Gasteiger partial charge in [0, 0.05) is 18.6 Å². The van der Waals surface area contributed by atoms with E-state index in [1.54, 1.807) is 12.1 Å². The van der Waals surface area contributed by atoms with Crippen molar-refractivity contribution in [2.45, 2.75) is 56.0 Å². The van der Waals surface area contributed by atoms with E-state index in [1.807, 2.05) is 12.1 Å². The maximum Gasteiger partial charge on any atom is 0.318 e. The molecule has 5 heteroatoms. The van der Waals surface area contributed by atoms with Gasteiger partial charge >= 0.3 is 6.03 Å². The lowest BCUT2D eigenvalue weighted by Crippen LogP contribution is -2.56. The molecule has 0 radical (unpaired) electrons. The molecule has 26 heavy (non-hydrogen) atoms. The second kappa shape index (κ2) is 6.52. The molecule has 4 rings (SSSR count). The van der Waals surface area contributed by atoms with Crippen LogP contribution >= 0.6 is 0 Å². The third-order valence-electron chi connectivity index (χ3n) is 7.30. The van der Waals surface area contributed by atoms with Crippen molar-refractivity contribution in [1.29, 1.82) is 0 Å². The fourth-order valence-electron chi connectivity index (χ4n) is 5.19. The number of urea groups is 1. The van der Waals surface area contributed by atoms with Crippen LogP contribution in [0, 0.1) is 11.7 Å². The Morgan fingerprint density at radius 2 is 1.81 bits per heavy atom. The number of nitrogens with one attached hydrogen (secondary N) is 1. The number of nitrogens with zero attached hydrogens (tertiary/aromatic N) is 2. The Labute approximate surface area is 155 Å². The van der Waals surface area contributed by atoms with Crippen LogP contribution in [-0.2, 0) is 5.54 Å². The molecule has 1 aromatic carbocycles. The van der Waals surface area contributed by atoms with Gasteiger partial charge in [0.1, 0.15) is 5.82 Å². The highest BCUT2D eigenvalue weighted by atomic mass is 19.1. The van der Waals surface area contributed by atoms with Crippen molar-refractivity contribution < 1.29 is 9.18 Å². The Morgan fingerprint density at radius 1 is 1.15 bits per heavy atom. The molecular formula is C21H30FN3O. The molecule has 0 atom stereocenters. The highest BCUT2D eigenvalue weighted by molar-refractivity contribution is 5.78. The van der Waals surface area contributed by atoms with Crippen molar-refractivity contribution in [2.24, 2.45) is 5.92 Å². The van der Waals surface area contributed by atoms with Crippen LogP contribution in [0.25, 0.3) is 0 Å². The third-order valence-corrected chi connectivity index (χ3v) is 7.30. The van der Waals surface area contributed by atoms with Gasteiger partial charge in [-0.3, -0.25) is 4.90 Å². The normalized spacial score (nSPS) is 32.2. The van der Waals surface area contributed by atoms with Crippen LogP contribution in [0.2, 0.25) is 0 Å². The van der Waals surface area contributed by atoms with E-state index in [9.17, 15) is 9.18 Å². The zero-order chi connectivity index (χ0) is 18.4. The van der Waals surface area contributed by atoms with Gasteiger partial charge in [0.15, 0.2) is 0 Å². The van der Waals surface area contributed by atoms with Crippen molar-refractivity contribution >= 4 is 6.03 Å². The van der Waals surface area contributed by atoms with Crippen LogP contribution in [-0.4, -0.2) is 48.6 Å². The monoisotopic (exact) mass is 359 g/mol. The van der Waals surface area contributed by atoms with E-state index in [0.717, 1.165) is 38.8 Å².